The molecule has 1 aromatic heterocycles. The Morgan fingerprint density at radius 2 is 1.73 bits per heavy atom. The van der Waals surface area contributed by atoms with E-state index in [1.807, 2.05) is 24.3 Å². The van der Waals surface area contributed by atoms with Gasteiger partial charge in [-0.15, -0.1) is 0 Å². The predicted molar refractivity (Wildman–Crippen MR) is 118 cm³/mol. The summed E-state index contributed by atoms with van der Waals surface area (Å²) >= 11 is 0. The van der Waals surface area contributed by atoms with Crippen LogP contribution in [-0.4, -0.2) is 32.0 Å². The Balaban J connectivity index is 1.31. The molecular weight excluding hydrogens is 376 g/mol. The highest BCUT2D eigenvalue weighted by atomic mass is 16.4. The van der Waals surface area contributed by atoms with Crippen LogP contribution in [0.15, 0.2) is 51.7 Å². The van der Waals surface area contributed by atoms with Gasteiger partial charge in [0.25, 0.3) is 0 Å². The summed E-state index contributed by atoms with van der Waals surface area (Å²) in [6.07, 6.45) is 3.39. The summed E-state index contributed by atoms with van der Waals surface area (Å²) < 4.78 is 5.52. The maximum absolute atomic E-state index is 12.2. The first-order valence-corrected chi connectivity index (χ1v) is 10.8. The zero-order valence-electron chi connectivity index (χ0n) is 17.4. The molecule has 0 atom stereocenters. The molecule has 2 heterocycles. The summed E-state index contributed by atoms with van der Waals surface area (Å²) in [5.74, 6) is 0.0982. The minimum Gasteiger partial charge on any atom is -0.423 e. The Morgan fingerprint density at radius 3 is 2.43 bits per heavy atom. The van der Waals surface area contributed by atoms with E-state index in [4.69, 9.17) is 4.42 Å². The number of carbonyl (C=O) groups excluding carboxylic acids is 1. The third-order valence-electron chi connectivity index (χ3n) is 6.59. The molecule has 2 aromatic carbocycles. The second-order valence-corrected chi connectivity index (χ2v) is 8.58. The number of benzene rings is 2. The van der Waals surface area contributed by atoms with Crippen LogP contribution in [0.2, 0.25) is 0 Å². The monoisotopic (exact) mass is 403 g/mol. The molecule has 2 aliphatic rings. The number of fused-ring (bicyclic) bond motifs is 2. The first-order chi connectivity index (χ1) is 14.6. The third-order valence-corrected chi connectivity index (χ3v) is 6.59. The molecule has 0 amide bonds. The Kier molecular flexibility index (Phi) is 4.91. The SMILES string of the molecule is CC(=O)c1ccc(N2CC[NH+](Cc3cc(=O)oc4cc5c(cc34)CCC5)CC2)cc1. The Hall–Kier alpha value is -2.92. The van der Waals surface area contributed by atoms with Crippen LogP contribution in [0.25, 0.3) is 11.0 Å². The van der Waals surface area contributed by atoms with Crippen LogP contribution < -0.4 is 15.4 Å². The van der Waals surface area contributed by atoms with E-state index in [1.165, 1.54) is 28.1 Å². The van der Waals surface area contributed by atoms with Gasteiger partial charge >= 0.3 is 5.63 Å². The molecule has 1 N–H and O–H groups in total. The summed E-state index contributed by atoms with van der Waals surface area (Å²) in [6, 6.07) is 13.9. The van der Waals surface area contributed by atoms with Crippen molar-refractivity contribution in [3.05, 3.63) is 75.1 Å². The van der Waals surface area contributed by atoms with E-state index < -0.39 is 0 Å². The van der Waals surface area contributed by atoms with Crippen LogP contribution in [0.3, 0.4) is 0 Å². The number of carbonyl (C=O) groups is 1. The minimum atomic E-state index is -0.251. The second kappa shape index (κ2) is 7.73. The predicted octanol–water partition coefficient (Wildman–Crippen LogP) is 2.39. The van der Waals surface area contributed by atoms with Crippen molar-refractivity contribution in [2.24, 2.45) is 0 Å². The van der Waals surface area contributed by atoms with Gasteiger partial charge in [0, 0.05) is 28.3 Å². The fourth-order valence-corrected chi connectivity index (χ4v) is 4.88. The number of Topliss-reactive ketones (excluding diaryl/α,β-unsaturated/α-hetero) is 1. The summed E-state index contributed by atoms with van der Waals surface area (Å²) in [7, 11) is 0. The smallest absolute Gasteiger partial charge is 0.336 e. The molecule has 0 spiro atoms. The molecule has 5 nitrogen and oxygen atoms in total. The molecule has 3 aromatic rings. The maximum Gasteiger partial charge on any atom is 0.336 e. The van der Waals surface area contributed by atoms with Crippen LogP contribution in [-0.2, 0) is 19.4 Å². The van der Waals surface area contributed by atoms with E-state index in [0.717, 1.165) is 67.7 Å². The molecule has 1 fully saturated rings. The summed E-state index contributed by atoms with van der Waals surface area (Å²) in [5, 5.41) is 1.10. The third kappa shape index (κ3) is 3.65. The van der Waals surface area contributed by atoms with Crippen molar-refractivity contribution in [2.45, 2.75) is 32.7 Å². The zero-order chi connectivity index (χ0) is 20.7. The number of piperazine rings is 1. The lowest BCUT2D eigenvalue weighted by Gasteiger charge is -2.33. The first kappa shape index (κ1) is 19.1. The zero-order valence-corrected chi connectivity index (χ0v) is 17.4. The van der Waals surface area contributed by atoms with Crippen molar-refractivity contribution in [1.82, 2.24) is 0 Å². The number of aryl methyl sites for hydroxylation is 2. The number of quaternary nitrogens is 1. The number of nitrogens with one attached hydrogen (secondary N) is 1. The number of nitrogens with zero attached hydrogens (tertiary/aromatic N) is 1. The maximum atomic E-state index is 12.2. The standard InChI is InChI=1S/C25H26N2O3/c1-17(28)18-5-7-22(8-6-18)27-11-9-26(10-12-27)16-21-15-25(29)30-24-14-20-4-2-3-19(20)13-23(21)24/h5-8,13-15H,2-4,9-12,16H2,1H3/p+1. The topological polar surface area (TPSA) is 55.0 Å². The largest absolute Gasteiger partial charge is 0.423 e. The van der Waals surface area contributed by atoms with Gasteiger partial charge in [-0.25, -0.2) is 4.79 Å². The fourth-order valence-electron chi connectivity index (χ4n) is 4.88. The van der Waals surface area contributed by atoms with Gasteiger partial charge in [-0.1, -0.05) is 0 Å². The van der Waals surface area contributed by atoms with Crippen molar-refractivity contribution in [3.63, 3.8) is 0 Å². The Bertz CT molecular complexity index is 1160. The van der Waals surface area contributed by atoms with Crippen LogP contribution >= 0.6 is 0 Å². The van der Waals surface area contributed by atoms with Gasteiger partial charge in [0.1, 0.15) is 12.1 Å². The molecule has 0 saturated carbocycles. The lowest BCUT2D eigenvalue weighted by Crippen LogP contribution is -3.13. The van der Waals surface area contributed by atoms with Crippen molar-refractivity contribution < 1.29 is 14.1 Å². The fraction of sp³-hybridized carbons (Fsp3) is 0.360. The number of anilines is 1. The van der Waals surface area contributed by atoms with Crippen molar-refractivity contribution in [1.29, 1.82) is 0 Å². The average Bonchev–Trinajstić information content (AvgIpc) is 3.20. The molecule has 5 heteroatoms. The highest BCUT2D eigenvalue weighted by Crippen LogP contribution is 2.28. The van der Waals surface area contributed by atoms with E-state index in [0.29, 0.717) is 0 Å². The highest BCUT2D eigenvalue weighted by Gasteiger charge is 2.23. The lowest BCUT2D eigenvalue weighted by atomic mass is 10.0. The Morgan fingerprint density at radius 1 is 1.03 bits per heavy atom. The number of hydrogen-bond donors (Lipinski definition) is 1. The quantitative estimate of drug-likeness (QED) is 0.537. The Labute approximate surface area is 175 Å². The molecule has 0 radical (unpaired) electrons. The molecule has 1 aliphatic heterocycles. The van der Waals surface area contributed by atoms with Gasteiger partial charge in [-0.2, -0.15) is 0 Å². The number of rotatable bonds is 4. The van der Waals surface area contributed by atoms with Gasteiger partial charge in [0.15, 0.2) is 5.78 Å². The van der Waals surface area contributed by atoms with Crippen LogP contribution in [0.1, 0.15) is 40.4 Å². The van der Waals surface area contributed by atoms with Crippen molar-refractivity contribution in [2.75, 3.05) is 31.1 Å². The van der Waals surface area contributed by atoms with Gasteiger partial charge in [0.05, 0.1) is 26.2 Å². The highest BCUT2D eigenvalue weighted by molar-refractivity contribution is 5.94. The summed E-state index contributed by atoms with van der Waals surface area (Å²) in [6.45, 7) is 6.40. The molecule has 5 rings (SSSR count). The van der Waals surface area contributed by atoms with E-state index in [1.54, 1.807) is 13.0 Å². The van der Waals surface area contributed by atoms with Crippen molar-refractivity contribution >= 4 is 22.4 Å². The molecule has 154 valence electrons. The van der Waals surface area contributed by atoms with E-state index in [2.05, 4.69) is 17.0 Å². The molecule has 1 aliphatic carbocycles. The average molecular weight is 404 g/mol. The number of ketones is 1. The molecule has 0 bridgehead atoms. The van der Waals surface area contributed by atoms with Crippen molar-refractivity contribution in [3.8, 4) is 0 Å². The van der Waals surface area contributed by atoms with Crippen LogP contribution in [0.4, 0.5) is 5.69 Å². The van der Waals surface area contributed by atoms with Crippen LogP contribution in [0.5, 0.6) is 0 Å². The summed E-state index contributed by atoms with van der Waals surface area (Å²) in [5.41, 5.74) is 6.25. The molecular formula is C25H27N2O3+. The van der Waals surface area contributed by atoms with Gasteiger partial charge in [-0.05, 0) is 73.7 Å². The number of hydrogen-bond acceptors (Lipinski definition) is 4. The molecule has 30 heavy (non-hydrogen) atoms. The molecule has 0 unspecified atom stereocenters. The summed E-state index contributed by atoms with van der Waals surface area (Å²) in [4.78, 5) is 27.5. The minimum absolute atomic E-state index is 0.0982. The van der Waals surface area contributed by atoms with Gasteiger partial charge in [-0.3, -0.25) is 4.79 Å². The van der Waals surface area contributed by atoms with Gasteiger partial charge < -0.3 is 14.2 Å². The molecule has 1 saturated heterocycles. The van der Waals surface area contributed by atoms with Crippen LogP contribution in [0, 0.1) is 0 Å². The van der Waals surface area contributed by atoms with Gasteiger partial charge in [0.2, 0.25) is 0 Å². The van der Waals surface area contributed by atoms with E-state index in [-0.39, 0.29) is 11.4 Å². The van der Waals surface area contributed by atoms with E-state index >= 15 is 0 Å². The first-order valence-electron chi connectivity index (χ1n) is 10.8. The second-order valence-electron chi connectivity index (χ2n) is 8.58. The lowest BCUT2D eigenvalue weighted by molar-refractivity contribution is -0.914. The van der Waals surface area contributed by atoms with E-state index in [9.17, 15) is 9.59 Å². The normalized spacial score (nSPS) is 16.8.